The second kappa shape index (κ2) is 15.3. The molecule has 0 saturated carbocycles. The molecular weight excluding hydrogens is 641 g/mol. The number of aryl methyl sites for hydroxylation is 1. The van der Waals surface area contributed by atoms with Crippen LogP contribution in [-0.4, -0.2) is 44.0 Å². The van der Waals surface area contributed by atoms with E-state index in [4.69, 9.17) is 10.7 Å². The Morgan fingerprint density at radius 3 is 2.00 bits per heavy atom. The number of carbonyl (C=O) groups is 2. The zero-order valence-electron chi connectivity index (χ0n) is 28.2. The highest BCUT2D eigenvalue weighted by atomic mass is 32.2. The largest absolute Gasteiger partial charge is 0.480 e. The summed E-state index contributed by atoms with van der Waals surface area (Å²) in [5, 5.41) is 12.8. The van der Waals surface area contributed by atoms with Crippen molar-refractivity contribution in [1.82, 2.24) is 14.9 Å². The van der Waals surface area contributed by atoms with Crippen molar-refractivity contribution < 1.29 is 14.7 Å². The summed E-state index contributed by atoms with van der Waals surface area (Å²) in [7, 11) is 0. The number of rotatable bonds is 14. The molecule has 6 rings (SSSR count). The molecule has 0 fully saturated rings. The molecule has 0 radical (unpaired) electrons. The van der Waals surface area contributed by atoms with Gasteiger partial charge in [0, 0.05) is 12.4 Å². The summed E-state index contributed by atoms with van der Waals surface area (Å²) in [4.78, 5) is 31.2. The Kier molecular flexibility index (Phi) is 10.6. The molecule has 254 valence electrons. The Hall–Kier alpha value is -5.02. The van der Waals surface area contributed by atoms with Gasteiger partial charge in [0.05, 0.1) is 23.3 Å². The van der Waals surface area contributed by atoms with Crippen molar-refractivity contribution >= 4 is 23.5 Å². The molecule has 5 aromatic rings. The van der Waals surface area contributed by atoms with E-state index in [2.05, 4.69) is 94.8 Å². The van der Waals surface area contributed by atoms with Crippen molar-refractivity contribution in [2.75, 3.05) is 6.26 Å². The van der Waals surface area contributed by atoms with Gasteiger partial charge in [0.2, 0.25) is 0 Å². The normalized spacial score (nSPS) is 18.4. The van der Waals surface area contributed by atoms with E-state index >= 15 is 0 Å². The lowest BCUT2D eigenvalue weighted by Crippen LogP contribution is -2.53. The van der Waals surface area contributed by atoms with Crippen LogP contribution in [0.1, 0.15) is 40.1 Å². The van der Waals surface area contributed by atoms with Crippen molar-refractivity contribution in [3.05, 3.63) is 186 Å². The fraction of sp³-hybridized carbons (Fsp3) is 0.214. The Morgan fingerprint density at radius 2 is 1.46 bits per heavy atom. The molecule has 0 amide bonds. The van der Waals surface area contributed by atoms with Crippen LogP contribution in [0.25, 0.3) is 0 Å². The molecule has 0 bridgehead atoms. The zero-order valence-corrected chi connectivity index (χ0v) is 29.0. The van der Waals surface area contributed by atoms with Gasteiger partial charge < -0.3 is 15.4 Å². The Balaban J connectivity index is 1.49. The Labute approximate surface area is 298 Å². The minimum atomic E-state index is -1.14. The van der Waals surface area contributed by atoms with Crippen LogP contribution < -0.4 is 11.1 Å². The third-order valence-electron chi connectivity index (χ3n) is 9.74. The molecule has 0 aliphatic heterocycles. The predicted molar refractivity (Wildman–Crippen MR) is 201 cm³/mol. The number of carboxylic acid groups (broad SMARTS) is 1. The number of carboxylic acids is 1. The fourth-order valence-electron chi connectivity index (χ4n) is 7.33. The lowest BCUT2D eigenvalue weighted by molar-refractivity contribution is -0.138. The number of ketones is 1. The maximum absolute atomic E-state index is 14.5. The highest BCUT2D eigenvalue weighted by Gasteiger charge is 2.46. The summed E-state index contributed by atoms with van der Waals surface area (Å²) < 4.78 is 2.24. The molecule has 0 saturated heterocycles. The van der Waals surface area contributed by atoms with Crippen LogP contribution >= 0.6 is 11.8 Å². The second-order valence-electron chi connectivity index (χ2n) is 12.6. The van der Waals surface area contributed by atoms with Crippen molar-refractivity contribution in [2.24, 2.45) is 11.7 Å². The van der Waals surface area contributed by atoms with Gasteiger partial charge in [0.25, 0.3) is 0 Å². The number of hydrogen-bond acceptors (Lipinski definition) is 6. The molecule has 4 aromatic carbocycles. The number of nitrogens with zero attached hydrogens (tertiary/aromatic N) is 2. The van der Waals surface area contributed by atoms with Crippen LogP contribution in [0, 0.1) is 12.8 Å². The minimum absolute atomic E-state index is 0.0331. The third kappa shape index (κ3) is 6.50. The van der Waals surface area contributed by atoms with Gasteiger partial charge in [0.1, 0.15) is 17.4 Å². The maximum Gasteiger partial charge on any atom is 0.320 e. The molecule has 1 aromatic heterocycles. The summed E-state index contributed by atoms with van der Waals surface area (Å²) in [6, 6.07) is 38.3. The van der Waals surface area contributed by atoms with E-state index in [9.17, 15) is 14.7 Å². The maximum atomic E-state index is 14.5. The van der Waals surface area contributed by atoms with Gasteiger partial charge in [-0.15, -0.1) is 0 Å². The molecule has 1 aliphatic carbocycles. The molecular formula is C42H42N4O3S. The SMILES string of the molecule is CSC(CC(N)C(=O)O)C(=O)C1C=CC=CC1(NCc1nccn1C(c1ccccc1)(c1ccccc1)c1ccccc1)c1ccccc1C. The molecule has 8 heteroatoms. The number of nitrogens with one attached hydrogen (secondary N) is 1. The van der Waals surface area contributed by atoms with Crippen LogP contribution in [0.5, 0.6) is 0 Å². The number of carbonyl (C=O) groups excluding carboxylic acids is 1. The first-order valence-corrected chi connectivity index (χ1v) is 18.0. The lowest BCUT2D eigenvalue weighted by Gasteiger charge is -2.42. The first kappa shape index (κ1) is 34.8. The number of Topliss-reactive ketones (excluding diaryl/α,β-unsaturated/α-hetero) is 1. The standard InChI is InChI=1S/C42H42N4O3S/c1-30-16-12-13-23-34(30)41(25-15-14-24-35(41)39(47)37(50-2)28-36(43)40(48)49)45-29-38-44-26-27-46(38)42(31-17-6-3-7-18-31,32-19-8-4-9-20-32)33-21-10-5-11-22-33/h3-27,35-37,45H,28-29,43H2,1-2H3,(H,48,49). The summed E-state index contributed by atoms with van der Waals surface area (Å²) in [6.45, 7) is 2.36. The van der Waals surface area contributed by atoms with E-state index in [0.717, 1.165) is 33.6 Å². The first-order valence-electron chi connectivity index (χ1n) is 16.7. The van der Waals surface area contributed by atoms with E-state index < -0.39 is 34.3 Å². The Bertz CT molecular complexity index is 1880. The number of imidazole rings is 1. The molecule has 4 N–H and O–H groups in total. The monoisotopic (exact) mass is 682 g/mol. The quantitative estimate of drug-likeness (QED) is 0.110. The van der Waals surface area contributed by atoms with E-state index in [0.29, 0.717) is 6.54 Å². The van der Waals surface area contributed by atoms with E-state index in [1.54, 1.807) is 0 Å². The van der Waals surface area contributed by atoms with Crippen molar-refractivity contribution in [3.63, 3.8) is 0 Å². The van der Waals surface area contributed by atoms with Gasteiger partial charge in [0.15, 0.2) is 5.78 Å². The average Bonchev–Trinajstić information content (AvgIpc) is 3.63. The number of aliphatic carboxylic acids is 1. The predicted octanol–water partition coefficient (Wildman–Crippen LogP) is 6.86. The van der Waals surface area contributed by atoms with E-state index in [-0.39, 0.29) is 12.2 Å². The van der Waals surface area contributed by atoms with Crippen molar-refractivity contribution in [3.8, 4) is 0 Å². The topological polar surface area (TPSA) is 110 Å². The van der Waals surface area contributed by atoms with Gasteiger partial charge in [-0.3, -0.25) is 14.9 Å². The highest BCUT2D eigenvalue weighted by molar-refractivity contribution is 7.99. The number of thioether (sulfide) groups is 1. The summed E-state index contributed by atoms with van der Waals surface area (Å²) in [6.07, 6.45) is 13.6. The molecule has 4 unspecified atom stereocenters. The van der Waals surface area contributed by atoms with Gasteiger partial charge in [-0.1, -0.05) is 140 Å². The van der Waals surface area contributed by atoms with Crippen LogP contribution in [0.15, 0.2) is 152 Å². The van der Waals surface area contributed by atoms with Crippen LogP contribution in [-0.2, 0) is 27.2 Å². The second-order valence-corrected chi connectivity index (χ2v) is 13.6. The number of benzene rings is 4. The molecule has 4 atom stereocenters. The average molecular weight is 683 g/mol. The molecule has 1 heterocycles. The Morgan fingerprint density at radius 1 is 0.900 bits per heavy atom. The number of aromatic nitrogens is 2. The van der Waals surface area contributed by atoms with E-state index in [1.165, 1.54) is 11.8 Å². The third-order valence-corrected chi connectivity index (χ3v) is 10.7. The molecule has 1 aliphatic rings. The van der Waals surface area contributed by atoms with Crippen LogP contribution in [0.2, 0.25) is 0 Å². The molecule has 7 nitrogen and oxygen atoms in total. The van der Waals surface area contributed by atoms with Gasteiger partial charge in [-0.2, -0.15) is 11.8 Å². The molecule has 50 heavy (non-hydrogen) atoms. The first-order chi connectivity index (χ1) is 24.3. The smallest absolute Gasteiger partial charge is 0.320 e. The van der Waals surface area contributed by atoms with E-state index in [1.807, 2.05) is 80.2 Å². The van der Waals surface area contributed by atoms with Gasteiger partial charge in [-0.05, 0) is 47.4 Å². The van der Waals surface area contributed by atoms with Gasteiger partial charge in [-0.25, -0.2) is 4.98 Å². The fourth-order valence-corrected chi connectivity index (χ4v) is 8.11. The summed E-state index contributed by atoms with van der Waals surface area (Å²) in [5.41, 5.74) is 9.47. The summed E-state index contributed by atoms with van der Waals surface area (Å²) >= 11 is 1.34. The number of allylic oxidation sites excluding steroid dienone is 2. The highest BCUT2D eigenvalue weighted by Crippen LogP contribution is 2.43. The van der Waals surface area contributed by atoms with Gasteiger partial charge >= 0.3 is 5.97 Å². The minimum Gasteiger partial charge on any atom is -0.480 e. The van der Waals surface area contributed by atoms with Crippen molar-refractivity contribution in [2.45, 2.75) is 42.3 Å². The lowest BCUT2D eigenvalue weighted by atomic mass is 9.71. The number of nitrogens with two attached hydrogens (primary N) is 1. The van der Waals surface area contributed by atoms with Crippen LogP contribution in [0.4, 0.5) is 0 Å². The van der Waals surface area contributed by atoms with Crippen molar-refractivity contribution in [1.29, 1.82) is 0 Å². The molecule has 0 spiro atoms. The summed E-state index contributed by atoms with van der Waals surface area (Å²) in [5.74, 6) is -1.07. The van der Waals surface area contributed by atoms with Crippen LogP contribution in [0.3, 0.4) is 0 Å². The number of hydrogen-bond donors (Lipinski definition) is 3. The zero-order chi connectivity index (χ0) is 35.1.